The fourth-order valence-electron chi connectivity index (χ4n) is 2.87. The van der Waals surface area contributed by atoms with Gasteiger partial charge in [-0.2, -0.15) is 0 Å². The van der Waals surface area contributed by atoms with E-state index >= 15 is 0 Å². The van der Waals surface area contributed by atoms with E-state index in [4.69, 9.17) is 30.2 Å². The first-order valence-corrected chi connectivity index (χ1v) is 8.93. The molecule has 0 saturated heterocycles. The zero-order valence-corrected chi connectivity index (χ0v) is 15.6. The van der Waals surface area contributed by atoms with Gasteiger partial charge in [-0.05, 0) is 31.2 Å². The minimum atomic E-state index is -0.688. The lowest BCUT2D eigenvalue weighted by Crippen LogP contribution is -2.31. The molecule has 0 unspecified atom stereocenters. The van der Waals surface area contributed by atoms with Crippen LogP contribution in [0.3, 0.4) is 0 Å². The second-order valence-corrected chi connectivity index (χ2v) is 6.65. The smallest absolute Gasteiger partial charge is 0.338 e. The normalized spacial score (nSPS) is 13.4. The van der Waals surface area contributed by atoms with E-state index in [1.165, 1.54) is 12.1 Å². The molecule has 0 saturated carbocycles. The summed E-state index contributed by atoms with van der Waals surface area (Å²) in [5.41, 5.74) is 0.914. The Morgan fingerprint density at radius 3 is 2.86 bits per heavy atom. The summed E-state index contributed by atoms with van der Waals surface area (Å²) in [6, 6.07) is 11.9. The number of amides is 1. The molecule has 28 heavy (non-hydrogen) atoms. The zero-order valence-electron chi connectivity index (χ0n) is 14.9. The number of benzene rings is 2. The fourth-order valence-corrected chi connectivity index (χ4v) is 3.13. The number of fused-ring (bicyclic) bond motifs is 2. The number of hydrogen-bond donors (Lipinski definition) is 1. The number of hydrogen-bond acceptors (Lipinski definition) is 6. The summed E-state index contributed by atoms with van der Waals surface area (Å²) in [7, 11) is 0. The van der Waals surface area contributed by atoms with Gasteiger partial charge in [-0.15, -0.1) is 0 Å². The molecule has 144 valence electrons. The van der Waals surface area contributed by atoms with Crippen molar-refractivity contribution in [1.29, 1.82) is 0 Å². The summed E-state index contributed by atoms with van der Waals surface area (Å²) >= 11 is 6.05. The lowest BCUT2D eigenvalue weighted by molar-refractivity contribution is -0.125. The molecule has 1 atom stereocenters. The van der Waals surface area contributed by atoms with Crippen LogP contribution in [0.1, 0.15) is 29.1 Å². The number of nitrogens with one attached hydrogen (secondary N) is 1. The van der Waals surface area contributed by atoms with Crippen LogP contribution in [0.4, 0.5) is 0 Å². The molecular weight excluding hydrogens is 386 g/mol. The molecule has 1 aliphatic heterocycles. The van der Waals surface area contributed by atoms with Crippen LogP contribution in [-0.2, 0) is 9.53 Å². The van der Waals surface area contributed by atoms with Crippen molar-refractivity contribution >= 4 is 34.4 Å². The van der Waals surface area contributed by atoms with Gasteiger partial charge >= 0.3 is 5.97 Å². The molecule has 7 nitrogen and oxygen atoms in total. The minimum Gasteiger partial charge on any atom is -0.459 e. The van der Waals surface area contributed by atoms with Gasteiger partial charge in [0, 0.05) is 5.39 Å². The first-order chi connectivity index (χ1) is 13.5. The largest absolute Gasteiger partial charge is 0.459 e. The average molecular weight is 402 g/mol. The van der Waals surface area contributed by atoms with Crippen molar-refractivity contribution in [3.8, 4) is 11.5 Å². The molecule has 0 bridgehead atoms. The molecule has 8 heteroatoms. The van der Waals surface area contributed by atoms with E-state index in [9.17, 15) is 9.59 Å². The lowest BCUT2D eigenvalue weighted by Gasteiger charge is -2.12. The molecule has 0 radical (unpaired) electrons. The average Bonchev–Trinajstić information content (AvgIpc) is 3.32. The molecule has 1 amide bonds. The van der Waals surface area contributed by atoms with Crippen LogP contribution in [0.15, 0.2) is 46.9 Å². The molecule has 1 N–H and O–H groups in total. The maximum absolute atomic E-state index is 12.2. The highest BCUT2D eigenvalue weighted by molar-refractivity contribution is 6.32. The molecule has 0 spiro atoms. The molecule has 0 aliphatic carbocycles. The Hall–Kier alpha value is -3.19. The summed E-state index contributed by atoms with van der Waals surface area (Å²) < 4.78 is 21.2. The number of furan rings is 1. The summed E-state index contributed by atoms with van der Waals surface area (Å²) in [5.74, 6) is 0.223. The minimum absolute atomic E-state index is 0.0373. The monoisotopic (exact) mass is 401 g/mol. The molecular formula is C20H16ClNO6. The van der Waals surface area contributed by atoms with Crippen molar-refractivity contribution in [2.45, 2.75) is 13.0 Å². The zero-order chi connectivity index (χ0) is 19.7. The molecule has 1 aromatic heterocycles. The van der Waals surface area contributed by atoms with Crippen molar-refractivity contribution in [3.63, 3.8) is 0 Å². The van der Waals surface area contributed by atoms with Gasteiger partial charge in [-0.25, -0.2) is 4.79 Å². The Bertz CT molecular complexity index is 1030. The summed E-state index contributed by atoms with van der Waals surface area (Å²) in [5, 5.41) is 3.93. The van der Waals surface area contributed by atoms with Crippen LogP contribution in [0, 0.1) is 0 Å². The van der Waals surface area contributed by atoms with Crippen molar-refractivity contribution in [3.05, 3.63) is 58.8 Å². The maximum atomic E-state index is 12.2. The Balaban J connectivity index is 1.35. The first kappa shape index (κ1) is 18.2. The van der Waals surface area contributed by atoms with Gasteiger partial charge in [0.05, 0.1) is 16.6 Å². The summed E-state index contributed by atoms with van der Waals surface area (Å²) in [6.07, 6.45) is 0. The number of rotatable bonds is 5. The van der Waals surface area contributed by atoms with Gasteiger partial charge in [0.2, 0.25) is 6.79 Å². The number of carbonyl (C=O) groups is 2. The van der Waals surface area contributed by atoms with Gasteiger partial charge in [0.25, 0.3) is 5.91 Å². The van der Waals surface area contributed by atoms with E-state index in [-0.39, 0.29) is 23.4 Å². The second kappa shape index (κ2) is 7.44. The van der Waals surface area contributed by atoms with Crippen LogP contribution in [0.5, 0.6) is 11.5 Å². The highest BCUT2D eigenvalue weighted by Crippen LogP contribution is 2.39. The molecule has 3 aromatic rings. The predicted molar refractivity (Wildman–Crippen MR) is 101 cm³/mol. The standard InChI is InChI=1S/C20H16ClNO6/c1-11(16-7-12-4-2-3-5-15(12)28-16)22-18(23)9-25-20(24)13-6-14(21)19-17(8-13)26-10-27-19/h2-8,11H,9-10H2,1H3,(H,22,23)/t11-/m1/s1. The van der Waals surface area contributed by atoms with Gasteiger partial charge in [-0.3, -0.25) is 4.79 Å². The number of para-hydroxylation sites is 1. The van der Waals surface area contributed by atoms with Crippen molar-refractivity contribution in [2.75, 3.05) is 13.4 Å². The third kappa shape index (κ3) is 3.61. The highest BCUT2D eigenvalue weighted by Gasteiger charge is 2.22. The molecule has 2 aromatic carbocycles. The van der Waals surface area contributed by atoms with Gasteiger partial charge in [0.15, 0.2) is 18.1 Å². The first-order valence-electron chi connectivity index (χ1n) is 8.55. The SMILES string of the molecule is C[C@@H](NC(=O)COC(=O)c1cc(Cl)c2c(c1)OCO2)c1cc2ccccc2o1. The van der Waals surface area contributed by atoms with Crippen molar-refractivity contribution in [2.24, 2.45) is 0 Å². The van der Waals surface area contributed by atoms with Crippen LogP contribution < -0.4 is 14.8 Å². The van der Waals surface area contributed by atoms with E-state index in [1.807, 2.05) is 30.3 Å². The van der Waals surface area contributed by atoms with Gasteiger partial charge in [-0.1, -0.05) is 29.8 Å². The van der Waals surface area contributed by atoms with Crippen molar-refractivity contribution in [1.82, 2.24) is 5.32 Å². The Kier molecular flexibility index (Phi) is 4.83. The Labute approximate surface area is 165 Å². The van der Waals surface area contributed by atoms with Crippen LogP contribution >= 0.6 is 11.6 Å². The quantitative estimate of drug-likeness (QED) is 0.653. The second-order valence-electron chi connectivity index (χ2n) is 6.24. The van der Waals surface area contributed by atoms with E-state index in [1.54, 1.807) is 6.92 Å². The number of ether oxygens (including phenoxy) is 3. The lowest BCUT2D eigenvalue weighted by atomic mass is 10.2. The van der Waals surface area contributed by atoms with Crippen LogP contribution in [0.2, 0.25) is 5.02 Å². The maximum Gasteiger partial charge on any atom is 0.338 e. The number of halogens is 1. The Morgan fingerprint density at radius 2 is 2.04 bits per heavy atom. The topological polar surface area (TPSA) is 87.0 Å². The predicted octanol–water partition coefficient (Wildman–Crippen LogP) is 3.85. The molecule has 0 fully saturated rings. The van der Waals surface area contributed by atoms with E-state index < -0.39 is 18.5 Å². The fraction of sp³-hybridized carbons (Fsp3) is 0.200. The van der Waals surface area contributed by atoms with Gasteiger partial charge < -0.3 is 23.9 Å². The van der Waals surface area contributed by atoms with E-state index in [2.05, 4.69) is 5.32 Å². The molecule has 1 aliphatic rings. The summed E-state index contributed by atoms with van der Waals surface area (Å²) in [6.45, 7) is 1.39. The van der Waals surface area contributed by atoms with Gasteiger partial charge in [0.1, 0.15) is 11.3 Å². The third-order valence-corrected chi connectivity index (χ3v) is 4.53. The van der Waals surface area contributed by atoms with E-state index in [0.29, 0.717) is 17.3 Å². The molecule has 4 rings (SSSR count). The number of esters is 1. The highest BCUT2D eigenvalue weighted by atomic mass is 35.5. The summed E-state index contributed by atoms with van der Waals surface area (Å²) in [4.78, 5) is 24.3. The Morgan fingerprint density at radius 1 is 1.21 bits per heavy atom. The van der Waals surface area contributed by atoms with Crippen LogP contribution in [-0.4, -0.2) is 25.3 Å². The van der Waals surface area contributed by atoms with Crippen molar-refractivity contribution < 1.29 is 28.2 Å². The molecule has 2 heterocycles. The van der Waals surface area contributed by atoms with Crippen LogP contribution in [0.25, 0.3) is 11.0 Å². The number of carbonyl (C=O) groups excluding carboxylic acids is 2. The third-order valence-electron chi connectivity index (χ3n) is 4.25. The van der Waals surface area contributed by atoms with E-state index in [0.717, 1.165) is 11.0 Å².